The van der Waals surface area contributed by atoms with Crippen molar-refractivity contribution in [1.82, 2.24) is 24.6 Å². The molecule has 0 bridgehead atoms. The lowest BCUT2D eigenvalue weighted by molar-refractivity contribution is 0.0696. The van der Waals surface area contributed by atoms with Gasteiger partial charge in [-0.15, -0.1) is 0 Å². The number of hydrogen-bond donors (Lipinski definition) is 1. The van der Waals surface area contributed by atoms with Crippen LogP contribution < -0.4 is 5.56 Å². The number of amides is 1. The number of para-hydroxylation sites is 2. The maximum atomic E-state index is 12.7. The third-order valence-corrected chi connectivity index (χ3v) is 4.68. The summed E-state index contributed by atoms with van der Waals surface area (Å²) in [5.41, 5.74) is 2.03. The Morgan fingerprint density at radius 2 is 2.08 bits per heavy atom. The van der Waals surface area contributed by atoms with Crippen molar-refractivity contribution in [1.29, 1.82) is 0 Å². The van der Waals surface area contributed by atoms with Crippen LogP contribution in [0.15, 0.2) is 41.2 Å². The van der Waals surface area contributed by atoms with Crippen LogP contribution in [0.5, 0.6) is 0 Å². The molecule has 7 nitrogen and oxygen atoms in total. The van der Waals surface area contributed by atoms with E-state index in [1.54, 1.807) is 11.9 Å². The minimum absolute atomic E-state index is 0.142. The summed E-state index contributed by atoms with van der Waals surface area (Å²) in [7, 11) is 1.55. The minimum Gasteiger partial charge on any atom is -0.342 e. The van der Waals surface area contributed by atoms with E-state index in [0.29, 0.717) is 18.8 Å². The van der Waals surface area contributed by atoms with Crippen LogP contribution in [0.2, 0.25) is 0 Å². The van der Waals surface area contributed by atoms with E-state index in [0.717, 1.165) is 29.7 Å². The Morgan fingerprint density at radius 1 is 1.24 bits per heavy atom. The zero-order valence-corrected chi connectivity index (χ0v) is 14.0. The van der Waals surface area contributed by atoms with Crippen LogP contribution in [0.3, 0.4) is 0 Å². The molecule has 1 aliphatic rings. The lowest BCUT2D eigenvalue weighted by atomic mass is 9.97. The zero-order valence-electron chi connectivity index (χ0n) is 14.0. The monoisotopic (exact) mass is 337 g/mol. The van der Waals surface area contributed by atoms with Crippen molar-refractivity contribution in [3.05, 3.63) is 58.3 Å². The van der Waals surface area contributed by atoms with Gasteiger partial charge in [0.05, 0.1) is 11.0 Å². The van der Waals surface area contributed by atoms with Gasteiger partial charge in [-0.05, 0) is 31.0 Å². The molecule has 3 heterocycles. The summed E-state index contributed by atoms with van der Waals surface area (Å²) < 4.78 is 1.19. The number of rotatable bonds is 2. The van der Waals surface area contributed by atoms with Crippen molar-refractivity contribution in [3.8, 4) is 0 Å². The number of carbonyl (C=O) groups excluding carboxylic acids is 1. The summed E-state index contributed by atoms with van der Waals surface area (Å²) in [6, 6.07) is 10.8. The van der Waals surface area contributed by atoms with Gasteiger partial charge >= 0.3 is 0 Å². The SMILES string of the molecule is Cn1nc(C(=O)N2CCCC(c3nc4ccccc4[nH]3)C2)ccc1=O. The van der Waals surface area contributed by atoms with E-state index < -0.39 is 0 Å². The molecule has 0 radical (unpaired) electrons. The van der Waals surface area contributed by atoms with Crippen molar-refractivity contribution >= 4 is 16.9 Å². The number of imidazole rings is 1. The van der Waals surface area contributed by atoms with Crippen molar-refractivity contribution in [2.75, 3.05) is 13.1 Å². The number of aromatic amines is 1. The average molecular weight is 337 g/mol. The molecule has 1 unspecified atom stereocenters. The summed E-state index contributed by atoms with van der Waals surface area (Å²) in [5, 5.41) is 4.07. The number of H-pyrrole nitrogens is 1. The molecule has 7 heteroatoms. The summed E-state index contributed by atoms with van der Waals surface area (Å²) >= 11 is 0. The molecule has 1 atom stereocenters. The molecule has 1 saturated heterocycles. The van der Waals surface area contributed by atoms with Crippen molar-refractivity contribution < 1.29 is 4.79 Å². The highest BCUT2D eigenvalue weighted by atomic mass is 16.2. The van der Waals surface area contributed by atoms with E-state index in [2.05, 4.69) is 15.1 Å². The van der Waals surface area contributed by atoms with Crippen LogP contribution in [-0.2, 0) is 7.05 Å². The van der Waals surface area contributed by atoms with Crippen LogP contribution in [-0.4, -0.2) is 43.6 Å². The second kappa shape index (κ2) is 6.16. The Hall–Kier alpha value is -2.96. The van der Waals surface area contributed by atoms with Gasteiger partial charge in [0, 0.05) is 32.1 Å². The zero-order chi connectivity index (χ0) is 17.4. The van der Waals surface area contributed by atoms with Gasteiger partial charge in [0.25, 0.3) is 11.5 Å². The van der Waals surface area contributed by atoms with Crippen LogP contribution in [0.4, 0.5) is 0 Å². The fourth-order valence-electron chi connectivity index (χ4n) is 3.33. The first-order valence-electron chi connectivity index (χ1n) is 8.40. The molecule has 1 N–H and O–H groups in total. The minimum atomic E-state index is -0.227. The predicted octanol–water partition coefficient (Wildman–Crippen LogP) is 1.68. The highest BCUT2D eigenvalue weighted by Crippen LogP contribution is 2.27. The van der Waals surface area contributed by atoms with Crippen LogP contribution in [0.1, 0.15) is 35.1 Å². The van der Waals surface area contributed by atoms with Gasteiger partial charge in [-0.1, -0.05) is 12.1 Å². The van der Waals surface area contributed by atoms with Crippen LogP contribution in [0.25, 0.3) is 11.0 Å². The van der Waals surface area contributed by atoms with Gasteiger partial charge in [0.15, 0.2) is 0 Å². The van der Waals surface area contributed by atoms with Crippen LogP contribution in [0, 0.1) is 0 Å². The number of aromatic nitrogens is 4. The summed E-state index contributed by atoms with van der Waals surface area (Å²) in [6.07, 6.45) is 1.91. The molecule has 0 aliphatic carbocycles. The number of aryl methyl sites for hydroxylation is 1. The van der Waals surface area contributed by atoms with Gasteiger partial charge in [0.1, 0.15) is 11.5 Å². The Bertz CT molecular complexity index is 957. The maximum absolute atomic E-state index is 12.7. The fourth-order valence-corrected chi connectivity index (χ4v) is 3.33. The number of piperidine rings is 1. The molecule has 1 aromatic carbocycles. The number of hydrogen-bond acceptors (Lipinski definition) is 4. The lowest BCUT2D eigenvalue weighted by Crippen LogP contribution is -2.40. The molecule has 0 spiro atoms. The molecule has 3 aromatic rings. The average Bonchev–Trinajstić information content (AvgIpc) is 3.08. The topological polar surface area (TPSA) is 83.9 Å². The van der Waals surface area contributed by atoms with Crippen molar-refractivity contribution in [3.63, 3.8) is 0 Å². The third kappa shape index (κ3) is 2.93. The van der Waals surface area contributed by atoms with Gasteiger partial charge < -0.3 is 9.88 Å². The number of fused-ring (bicyclic) bond motifs is 1. The smallest absolute Gasteiger partial charge is 0.274 e. The molecule has 25 heavy (non-hydrogen) atoms. The normalized spacial score (nSPS) is 17.8. The summed E-state index contributed by atoms with van der Waals surface area (Å²) in [5.74, 6) is 0.959. The maximum Gasteiger partial charge on any atom is 0.274 e. The van der Waals surface area contributed by atoms with Gasteiger partial charge in [0.2, 0.25) is 0 Å². The Balaban J connectivity index is 1.56. The molecule has 2 aromatic heterocycles. The number of nitrogens with zero attached hydrogens (tertiary/aromatic N) is 4. The van der Waals surface area contributed by atoms with E-state index >= 15 is 0 Å². The lowest BCUT2D eigenvalue weighted by Gasteiger charge is -2.31. The van der Waals surface area contributed by atoms with Gasteiger partial charge in [-0.3, -0.25) is 9.59 Å². The highest BCUT2D eigenvalue weighted by molar-refractivity contribution is 5.92. The molecule has 1 fully saturated rings. The van der Waals surface area contributed by atoms with Crippen molar-refractivity contribution in [2.24, 2.45) is 7.05 Å². The first-order chi connectivity index (χ1) is 12.1. The Labute approximate surface area is 144 Å². The van der Waals surface area contributed by atoms with E-state index in [1.807, 2.05) is 24.3 Å². The molecule has 1 aliphatic heterocycles. The first kappa shape index (κ1) is 15.6. The fraction of sp³-hybridized carbons (Fsp3) is 0.333. The number of likely N-dealkylation sites (tertiary alicyclic amines) is 1. The van der Waals surface area contributed by atoms with E-state index in [9.17, 15) is 9.59 Å². The number of carbonyl (C=O) groups is 1. The molecular formula is C18H19N5O2. The summed E-state index contributed by atoms with van der Waals surface area (Å²) in [4.78, 5) is 34.0. The van der Waals surface area contributed by atoms with Crippen LogP contribution >= 0.6 is 0 Å². The number of nitrogens with one attached hydrogen (secondary N) is 1. The Kier molecular flexibility index (Phi) is 3.83. The number of benzene rings is 1. The first-order valence-corrected chi connectivity index (χ1v) is 8.40. The molecular weight excluding hydrogens is 318 g/mol. The summed E-state index contributed by atoms with van der Waals surface area (Å²) in [6.45, 7) is 1.29. The van der Waals surface area contributed by atoms with E-state index in [1.165, 1.54) is 16.8 Å². The largest absolute Gasteiger partial charge is 0.342 e. The van der Waals surface area contributed by atoms with Gasteiger partial charge in [-0.25, -0.2) is 9.67 Å². The van der Waals surface area contributed by atoms with E-state index in [4.69, 9.17) is 0 Å². The standard InChI is InChI=1S/C18H19N5O2/c1-22-16(24)9-8-15(21-22)18(25)23-10-4-5-12(11-23)17-19-13-6-2-3-7-14(13)20-17/h2-3,6-9,12H,4-5,10-11H2,1H3,(H,19,20). The highest BCUT2D eigenvalue weighted by Gasteiger charge is 2.28. The molecule has 0 saturated carbocycles. The Morgan fingerprint density at radius 3 is 2.88 bits per heavy atom. The predicted molar refractivity (Wildman–Crippen MR) is 93.5 cm³/mol. The molecule has 4 rings (SSSR count). The second-order valence-electron chi connectivity index (χ2n) is 6.41. The quantitative estimate of drug-likeness (QED) is 0.771. The molecule has 128 valence electrons. The van der Waals surface area contributed by atoms with Crippen molar-refractivity contribution in [2.45, 2.75) is 18.8 Å². The van der Waals surface area contributed by atoms with Gasteiger partial charge in [-0.2, -0.15) is 5.10 Å². The second-order valence-corrected chi connectivity index (χ2v) is 6.41. The molecule has 1 amide bonds. The van der Waals surface area contributed by atoms with E-state index in [-0.39, 0.29) is 17.4 Å². The third-order valence-electron chi connectivity index (χ3n) is 4.68.